The van der Waals surface area contributed by atoms with Crippen LogP contribution in [-0.2, 0) is 0 Å². The average Bonchev–Trinajstić information content (AvgIpc) is 2.51. The molecule has 24 heavy (non-hydrogen) atoms. The quantitative estimate of drug-likeness (QED) is 0.238. The lowest BCUT2D eigenvalue weighted by molar-refractivity contribution is 0.0954. The molecule has 0 aliphatic carbocycles. The number of guanidine groups is 1. The van der Waals surface area contributed by atoms with E-state index >= 15 is 0 Å². The Morgan fingerprint density at radius 1 is 1.12 bits per heavy atom. The maximum absolute atomic E-state index is 11.9. The fourth-order valence-corrected chi connectivity index (χ4v) is 1.96. The van der Waals surface area contributed by atoms with Gasteiger partial charge in [-0.1, -0.05) is 25.4 Å². The summed E-state index contributed by atoms with van der Waals surface area (Å²) in [7, 11) is 0. The van der Waals surface area contributed by atoms with Gasteiger partial charge in [-0.15, -0.1) is 24.0 Å². The van der Waals surface area contributed by atoms with Crippen molar-refractivity contribution in [3.63, 3.8) is 0 Å². The highest BCUT2D eigenvalue weighted by Crippen LogP contribution is 2.09. The van der Waals surface area contributed by atoms with E-state index in [4.69, 9.17) is 11.6 Å². The molecule has 5 nitrogen and oxygen atoms in total. The molecule has 0 aliphatic rings. The number of nitrogens with zero attached hydrogens (tertiary/aromatic N) is 1. The number of rotatable bonds is 8. The molecule has 1 aromatic carbocycles. The minimum atomic E-state index is -0.106. The molecular weight excluding hydrogens is 439 g/mol. The zero-order valence-electron chi connectivity index (χ0n) is 14.6. The summed E-state index contributed by atoms with van der Waals surface area (Å²) < 4.78 is 0. The maximum atomic E-state index is 11.9. The second-order valence-corrected chi connectivity index (χ2v) is 6.07. The molecular formula is C17H28ClIN4O. The Morgan fingerprint density at radius 2 is 1.75 bits per heavy atom. The highest BCUT2D eigenvalue weighted by molar-refractivity contribution is 14.0. The Balaban J connectivity index is 0.00000529. The number of carbonyl (C=O) groups is 1. The van der Waals surface area contributed by atoms with Gasteiger partial charge in [-0.25, -0.2) is 0 Å². The summed E-state index contributed by atoms with van der Waals surface area (Å²) in [5, 5.41) is 9.89. The van der Waals surface area contributed by atoms with Crippen LogP contribution in [0.25, 0.3) is 0 Å². The third kappa shape index (κ3) is 9.97. The fraction of sp³-hybridized carbons (Fsp3) is 0.529. The van der Waals surface area contributed by atoms with Crippen molar-refractivity contribution >= 4 is 47.4 Å². The van der Waals surface area contributed by atoms with E-state index in [9.17, 15) is 4.79 Å². The predicted molar refractivity (Wildman–Crippen MR) is 113 cm³/mol. The second-order valence-electron chi connectivity index (χ2n) is 5.63. The predicted octanol–water partition coefficient (Wildman–Crippen LogP) is 3.29. The van der Waals surface area contributed by atoms with E-state index in [1.807, 2.05) is 6.92 Å². The molecule has 7 heteroatoms. The number of carbonyl (C=O) groups excluding carboxylic acids is 1. The van der Waals surface area contributed by atoms with Crippen molar-refractivity contribution in [2.75, 3.05) is 26.2 Å². The van der Waals surface area contributed by atoms with Crippen molar-refractivity contribution in [3.05, 3.63) is 34.9 Å². The maximum Gasteiger partial charge on any atom is 0.251 e. The van der Waals surface area contributed by atoms with Gasteiger partial charge in [-0.2, -0.15) is 0 Å². The third-order valence-electron chi connectivity index (χ3n) is 3.13. The molecule has 0 saturated carbocycles. The molecule has 136 valence electrons. The van der Waals surface area contributed by atoms with Crippen LogP contribution in [0, 0.1) is 5.92 Å². The van der Waals surface area contributed by atoms with Crippen LogP contribution in [0.5, 0.6) is 0 Å². The van der Waals surface area contributed by atoms with E-state index in [0.29, 0.717) is 29.6 Å². The Bertz CT molecular complexity index is 506. The minimum absolute atomic E-state index is 0. The van der Waals surface area contributed by atoms with Gasteiger partial charge in [0, 0.05) is 36.8 Å². The molecule has 1 aromatic rings. The van der Waals surface area contributed by atoms with Crippen molar-refractivity contribution in [2.45, 2.75) is 27.2 Å². The molecule has 0 atom stereocenters. The van der Waals surface area contributed by atoms with Crippen molar-refractivity contribution in [2.24, 2.45) is 10.9 Å². The van der Waals surface area contributed by atoms with Crippen LogP contribution in [-0.4, -0.2) is 38.0 Å². The number of nitrogens with one attached hydrogen (secondary N) is 3. The van der Waals surface area contributed by atoms with Crippen LogP contribution in [0.3, 0.4) is 0 Å². The molecule has 0 unspecified atom stereocenters. The summed E-state index contributed by atoms with van der Waals surface area (Å²) in [6.07, 6.45) is 1.06. The monoisotopic (exact) mass is 466 g/mol. The minimum Gasteiger partial charge on any atom is -0.357 e. The highest BCUT2D eigenvalue weighted by atomic mass is 127. The fourth-order valence-electron chi connectivity index (χ4n) is 1.84. The number of aliphatic imine (C=N–C) groups is 1. The van der Waals surface area contributed by atoms with Gasteiger partial charge in [0.05, 0.1) is 0 Å². The van der Waals surface area contributed by atoms with Crippen LogP contribution in [0.15, 0.2) is 29.3 Å². The Kier molecular flexibility index (Phi) is 12.7. The summed E-state index contributed by atoms with van der Waals surface area (Å²) in [6.45, 7) is 9.14. The van der Waals surface area contributed by atoms with E-state index in [0.717, 1.165) is 25.5 Å². The van der Waals surface area contributed by atoms with Crippen LogP contribution in [0.1, 0.15) is 37.6 Å². The summed E-state index contributed by atoms with van der Waals surface area (Å²) in [6, 6.07) is 6.84. The van der Waals surface area contributed by atoms with E-state index in [1.165, 1.54) is 0 Å². The summed E-state index contributed by atoms with van der Waals surface area (Å²) in [5.41, 5.74) is 0.604. The number of benzene rings is 1. The van der Waals surface area contributed by atoms with Gasteiger partial charge in [0.25, 0.3) is 5.91 Å². The lowest BCUT2D eigenvalue weighted by Crippen LogP contribution is -2.41. The van der Waals surface area contributed by atoms with Crippen LogP contribution in [0.2, 0.25) is 5.02 Å². The zero-order valence-corrected chi connectivity index (χ0v) is 17.7. The summed E-state index contributed by atoms with van der Waals surface area (Å²) in [5.74, 6) is 1.32. The van der Waals surface area contributed by atoms with Crippen LogP contribution in [0.4, 0.5) is 0 Å². The van der Waals surface area contributed by atoms with Gasteiger partial charge in [0.2, 0.25) is 0 Å². The molecule has 1 rings (SSSR count). The topological polar surface area (TPSA) is 65.5 Å². The van der Waals surface area contributed by atoms with E-state index in [1.54, 1.807) is 24.3 Å². The first-order chi connectivity index (χ1) is 11.0. The molecule has 0 fully saturated rings. The van der Waals surface area contributed by atoms with Crippen molar-refractivity contribution in [3.8, 4) is 0 Å². The lowest BCUT2D eigenvalue weighted by atomic mass is 10.1. The van der Waals surface area contributed by atoms with Crippen molar-refractivity contribution < 1.29 is 4.79 Å². The normalized spacial score (nSPS) is 11.0. The van der Waals surface area contributed by atoms with Gasteiger partial charge in [-0.05, 0) is 43.5 Å². The molecule has 0 aromatic heterocycles. The number of hydrogen-bond acceptors (Lipinski definition) is 2. The Morgan fingerprint density at radius 3 is 2.33 bits per heavy atom. The standard InChI is InChI=1S/C17H27ClN4O.HI/c1-4-19-17(21-10-9-13(2)3)22-12-11-20-16(23)14-5-7-15(18)8-6-14;/h5-8,13H,4,9-12H2,1-3H3,(H,20,23)(H2,19,21,22);1H. The largest absolute Gasteiger partial charge is 0.357 e. The molecule has 0 bridgehead atoms. The Labute approximate surface area is 167 Å². The van der Waals surface area contributed by atoms with Gasteiger partial charge >= 0.3 is 0 Å². The number of hydrogen-bond donors (Lipinski definition) is 3. The molecule has 3 N–H and O–H groups in total. The second kappa shape index (κ2) is 13.3. The molecule has 0 spiro atoms. The average molecular weight is 467 g/mol. The molecule has 0 heterocycles. The van der Waals surface area contributed by atoms with Gasteiger partial charge in [0.15, 0.2) is 5.96 Å². The molecule has 1 amide bonds. The zero-order chi connectivity index (χ0) is 17.1. The molecule has 0 radical (unpaired) electrons. The van der Waals surface area contributed by atoms with Crippen LogP contribution >= 0.6 is 35.6 Å². The highest BCUT2D eigenvalue weighted by Gasteiger charge is 2.04. The van der Waals surface area contributed by atoms with Crippen molar-refractivity contribution in [1.82, 2.24) is 16.0 Å². The van der Waals surface area contributed by atoms with Crippen LogP contribution < -0.4 is 16.0 Å². The first kappa shape index (κ1) is 23.0. The SMILES string of the molecule is CCNC(=NCCC(C)C)NCCNC(=O)c1ccc(Cl)cc1.I. The van der Waals surface area contributed by atoms with Gasteiger partial charge < -0.3 is 16.0 Å². The lowest BCUT2D eigenvalue weighted by Gasteiger charge is -2.12. The number of halogens is 2. The first-order valence-electron chi connectivity index (χ1n) is 8.09. The number of amides is 1. The van der Waals surface area contributed by atoms with Gasteiger partial charge in [0.1, 0.15) is 0 Å². The Hall–Kier alpha value is -1.02. The third-order valence-corrected chi connectivity index (χ3v) is 3.38. The molecule has 0 aliphatic heterocycles. The van der Waals surface area contributed by atoms with E-state index < -0.39 is 0 Å². The molecule has 0 saturated heterocycles. The van der Waals surface area contributed by atoms with E-state index in [-0.39, 0.29) is 29.9 Å². The van der Waals surface area contributed by atoms with Gasteiger partial charge in [-0.3, -0.25) is 9.79 Å². The first-order valence-corrected chi connectivity index (χ1v) is 8.46. The summed E-state index contributed by atoms with van der Waals surface area (Å²) in [4.78, 5) is 16.5. The van der Waals surface area contributed by atoms with E-state index in [2.05, 4.69) is 34.8 Å². The smallest absolute Gasteiger partial charge is 0.251 e. The van der Waals surface area contributed by atoms with Crippen molar-refractivity contribution in [1.29, 1.82) is 0 Å². The summed E-state index contributed by atoms with van der Waals surface area (Å²) >= 11 is 5.81.